The second-order valence-corrected chi connectivity index (χ2v) is 5.44. The van der Waals surface area contributed by atoms with Crippen molar-refractivity contribution in [2.24, 2.45) is 0 Å². The van der Waals surface area contributed by atoms with Crippen LogP contribution in [0.4, 0.5) is 5.69 Å². The Morgan fingerprint density at radius 1 is 1.72 bits per heavy atom. The Kier molecular flexibility index (Phi) is 5.25. The molecule has 0 radical (unpaired) electrons. The third-order valence-electron chi connectivity index (χ3n) is 2.19. The summed E-state index contributed by atoms with van der Waals surface area (Å²) in [6.45, 7) is 1.79. The van der Waals surface area contributed by atoms with E-state index in [0.717, 1.165) is 0 Å². The van der Waals surface area contributed by atoms with E-state index in [1.165, 1.54) is 24.0 Å². The van der Waals surface area contributed by atoms with E-state index in [4.69, 9.17) is 17.3 Å². The highest BCUT2D eigenvalue weighted by Crippen LogP contribution is 2.16. The number of nitrogens with zero attached hydrogens (tertiary/aromatic N) is 1. The van der Waals surface area contributed by atoms with Gasteiger partial charge in [-0.05, 0) is 19.2 Å². The molecule has 4 N–H and O–H groups in total. The molecule has 1 aromatic heterocycles. The van der Waals surface area contributed by atoms with E-state index in [1.807, 2.05) is 6.26 Å². The molecule has 0 saturated heterocycles. The van der Waals surface area contributed by atoms with Crippen LogP contribution >= 0.6 is 23.4 Å². The maximum atomic E-state index is 11.9. The van der Waals surface area contributed by atoms with Gasteiger partial charge in [-0.25, -0.2) is 4.98 Å². The molecule has 1 rings (SSSR count). The second-order valence-electron chi connectivity index (χ2n) is 4.22. The molecule has 1 heterocycles. The monoisotopic (exact) mass is 289 g/mol. The molecule has 0 aliphatic rings. The van der Waals surface area contributed by atoms with Gasteiger partial charge in [-0.15, -0.1) is 0 Å². The Morgan fingerprint density at radius 2 is 2.39 bits per heavy atom. The highest BCUT2D eigenvalue weighted by molar-refractivity contribution is 7.98. The molecular formula is C11H16ClN3O2S. The normalized spacial score (nSPS) is 14.0. The molecular weight excluding hydrogens is 274 g/mol. The van der Waals surface area contributed by atoms with E-state index < -0.39 is 11.5 Å². The number of rotatable bonds is 5. The quantitative estimate of drug-likeness (QED) is 0.708. The van der Waals surface area contributed by atoms with Crippen LogP contribution in [0.15, 0.2) is 12.3 Å². The topological polar surface area (TPSA) is 88.2 Å². The zero-order chi connectivity index (χ0) is 13.8. The van der Waals surface area contributed by atoms with Crippen LogP contribution in [0.2, 0.25) is 5.15 Å². The van der Waals surface area contributed by atoms with Crippen LogP contribution in [-0.4, -0.2) is 40.2 Å². The molecule has 1 unspecified atom stereocenters. The van der Waals surface area contributed by atoms with Gasteiger partial charge in [0, 0.05) is 12.3 Å². The minimum Gasteiger partial charge on any atom is -0.397 e. The number of nitrogen functional groups attached to an aromatic ring is 1. The number of nitrogens with two attached hydrogens (primary N) is 1. The highest BCUT2D eigenvalue weighted by Gasteiger charge is 2.21. The number of hydrogen-bond acceptors (Lipinski definition) is 5. The van der Waals surface area contributed by atoms with Crippen molar-refractivity contribution in [3.8, 4) is 0 Å². The summed E-state index contributed by atoms with van der Waals surface area (Å²) in [7, 11) is 0. The lowest BCUT2D eigenvalue weighted by Crippen LogP contribution is -2.42. The van der Waals surface area contributed by atoms with Crippen LogP contribution in [0.3, 0.4) is 0 Å². The van der Waals surface area contributed by atoms with Gasteiger partial charge in [-0.2, -0.15) is 11.8 Å². The zero-order valence-electron chi connectivity index (χ0n) is 10.2. The lowest BCUT2D eigenvalue weighted by molar-refractivity contribution is 0.0725. The number of pyridine rings is 1. The Balaban J connectivity index is 2.69. The van der Waals surface area contributed by atoms with Gasteiger partial charge in [-0.3, -0.25) is 4.79 Å². The first-order chi connectivity index (χ1) is 8.35. The molecule has 1 aromatic rings. The van der Waals surface area contributed by atoms with Crippen molar-refractivity contribution in [2.45, 2.75) is 12.5 Å². The van der Waals surface area contributed by atoms with Crippen LogP contribution in [-0.2, 0) is 0 Å². The van der Waals surface area contributed by atoms with Crippen molar-refractivity contribution in [1.82, 2.24) is 10.3 Å². The van der Waals surface area contributed by atoms with Gasteiger partial charge in [-0.1, -0.05) is 11.6 Å². The molecule has 0 aliphatic heterocycles. The van der Waals surface area contributed by atoms with E-state index in [9.17, 15) is 9.90 Å². The number of aliphatic hydroxyl groups is 1. The largest absolute Gasteiger partial charge is 0.397 e. The van der Waals surface area contributed by atoms with Crippen molar-refractivity contribution in [3.63, 3.8) is 0 Å². The van der Waals surface area contributed by atoms with Crippen molar-refractivity contribution < 1.29 is 9.90 Å². The minimum absolute atomic E-state index is 0.0891. The average molecular weight is 290 g/mol. The molecule has 0 bridgehead atoms. The van der Waals surface area contributed by atoms with E-state index in [0.29, 0.717) is 11.4 Å². The number of carbonyl (C=O) groups is 1. The molecule has 0 saturated carbocycles. The van der Waals surface area contributed by atoms with Crippen LogP contribution in [0.5, 0.6) is 0 Å². The number of thioether (sulfide) groups is 1. The lowest BCUT2D eigenvalue weighted by atomic mass is 10.1. The lowest BCUT2D eigenvalue weighted by Gasteiger charge is -2.22. The van der Waals surface area contributed by atoms with Crippen molar-refractivity contribution in [2.75, 3.05) is 24.3 Å². The fraction of sp³-hybridized carbons (Fsp3) is 0.455. The standard InChI is InChI=1S/C11H16ClN3O2S/c1-11(17,6-18-2)5-15-10(16)8-3-7(13)4-14-9(8)12/h3-4,17H,5-6,13H2,1-2H3,(H,15,16). The summed E-state index contributed by atoms with van der Waals surface area (Å²) >= 11 is 7.31. The Morgan fingerprint density at radius 3 is 3.00 bits per heavy atom. The first-order valence-electron chi connectivity index (χ1n) is 5.26. The van der Waals surface area contributed by atoms with Gasteiger partial charge in [0.25, 0.3) is 5.91 Å². The first-order valence-corrected chi connectivity index (χ1v) is 7.03. The molecule has 0 fully saturated rings. The Hall–Kier alpha value is -0.980. The van der Waals surface area contributed by atoms with E-state index in [2.05, 4.69) is 10.3 Å². The predicted octanol–water partition coefficient (Wildman–Crippen LogP) is 1.16. The zero-order valence-corrected chi connectivity index (χ0v) is 11.8. The van der Waals surface area contributed by atoms with E-state index in [1.54, 1.807) is 6.92 Å². The molecule has 0 spiro atoms. The summed E-state index contributed by atoms with van der Waals surface area (Å²) < 4.78 is 0. The fourth-order valence-corrected chi connectivity index (χ4v) is 2.26. The maximum Gasteiger partial charge on any atom is 0.254 e. The number of hydrogen-bond donors (Lipinski definition) is 3. The smallest absolute Gasteiger partial charge is 0.254 e. The summed E-state index contributed by atoms with van der Waals surface area (Å²) in [4.78, 5) is 15.7. The van der Waals surface area contributed by atoms with Crippen molar-refractivity contribution in [1.29, 1.82) is 0 Å². The number of amides is 1. The molecule has 1 amide bonds. The number of aromatic nitrogens is 1. The number of halogens is 1. The number of nitrogens with one attached hydrogen (secondary N) is 1. The van der Waals surface area contributed by atoms with Gasteiger partial charge < -0.3 is 16.2 Å². The molecule has 0 aromatic carbocycles. The van der Waals surface area contributed by atoms with Gasteiger partial charge in [0.05, 0.1) is 23.0 Å². The van der Waals surface area contributed by atoms with Gasteiger partial charge in [0.1, 0.15) is 5.15 Å². The molecule has 1 atom stereocenters. The van der Waals surface area contributed by atoms with Crippen molar-refractivity contribution >= 4 is 35.0 Å². The summed E-state index contributed by atoms with van der Waals surface area (Å²) in [6.07, 6.45) is 3.26. The summed E-state index contributed by atoms with van der Waals surface area (Å²) in [5, 5.41) is 12.6. The molecule has 100 valence electrons. The average Bonchev–Trinajstić information content (AvgIpc) is 2.29. The van der Waals surface area contributed by atoms with Crippen LogP contribution in [0, 0.1) is 0 Å². The molecule has 0 aliphatic carbocycles. The van der Waals surface area contributed by atoms with E-state index in [-0.39, 0.29) is 17.3 Å². The van der Waals surface area contributed by atoms with Gasteiger partial charge in [0.2, 0.25) is 0 Å². The number of carbonyl (C=O) groups excluding carboxylic acids is 1. The van der Waals surface area contributed by atoms with Crippen LogP contribution in [0.1, 0.15) is 17.3 Å². The summed E-state index contributed by atoms with van der Waals surface area (Å²) in [6, 6.07) is 1.45. The predicted molar refractivity (Wildman–Crippen MR) is 75.0 cm³/mol. The molecule has 5 nitrogen and oxygen atoms in total. The minimum atomic E-state index is -0.963. The Bertz CT molecular complexity index is 440. The Labute approximate surface area is 115 Å². The maximum absolute atomic E-state index is 11.9. The van der Waals surface area contributed by atoms with E-state index >= 15 is 0 Å². The van der Waals surface area contributed by atoms with Crippen LogP contribution in [0.25, 0.3) is 0 Å². The summed E-state index contributed by atoms with van der Waals surface area (Å²) in [5.74, 6) is 0.122. The second kappa shape index (κ2) is 6.26. The summed E-state index contributed by atoms with van der Waals surface area (Å²) in [5.41, 5.74) is 5.14. The van der Waals surface area contributed by atoms with Crippen molar-refractivity contribution in [3.05, 3.63) is 23.0 Å². The third kappa shape index (κ3) is 4.36. The SMILES string of the molecule is CSCC(C)(O)CNC(=O)c1cc(N)cnc1Cl. The van der Waals surface area contributed by atoms with Crippen LogP contribution < -0.4 is 11.1 Å². The molecule has 18 heavy (non-hydrogen) atoms. The fourth-order valence-electron chi connectivity index (χ4n) is 1.35. The number of anilines is 1. The van der Waals surface area contributed by atoms with Gasteiger partial charge >= 0.3 is 0 Å². The highest BCUT2D eigenvalue weighted by atomic mass is 35.5. The molecule has 7 heteroatoms. The third-order valence-corrected chi connectivity index (χ3v) is 3.40. The van der Waals surface area contributed by atoms with Gasteiger partial charge in [0.15, 0.2) is 0 Å². The first kappa shape index (κ1) is 15.1.